The summed E-state index contributed by atoms with van der Waals surface area (Å²) in [7, 11) is 0. The fourth-order valence-corrected chi connectivity index (χ4v) is 3.25. The van der Waals surface area contributed by atoms with Gasteiger partial charge in [0.05, 0.1) is 16.8 Å². The molecule has 0 unspecified atom stereocenters. The molecule has 0 spiro atoms. The van der Waals surface area contributed by atoms with Crippen LogP contribution in [0.1, 0.15) is 30.0 Å². The maximum Gasteiger partial charge on any atom is 0.314 e. The van der Waals surface area contributed by atoms with E-state index in [0.717, 1.165) is 30.2 Å². The second-order valence-corrected chi connectivity index (χ2v) is 6.82. The molecule has 0 aliphatic carbocycles. The Morgan fingerprint density at radius 3 is 2.86 bits per heavy atom. The van der Waals surface area contributed by atoms with Crippen LogP contribution in [0, 0.1) is 6.92 Å². The van der Waals surface area contributed by atoms with Crippen LogP contribution in [0.15, 0.2) is 5.38 Å². The van der Waals surface area contributed by atoms with Crippen LogP contribution in [0.3, 0.4) is 0 Å². The SMILES string of the molecule is Cc1nc(CCNC(=O)NC[C@H](O)CN2CCCCC2)cs1. The number of amides is 2. The first-order valence-electron chi connectivity index (χ1n) is 7.96. The maximum atomic E-state index is 11.7. The molecule has 2 heterocycles. The summed E-state index contributed by atoms with van der Waals surface area (Å²) >= 11 is 1.62. The average Bonchev–Trinajstić information content (AvgIpc) is 2.92. The molecular formula is C15H26N4O2S. The van der Waals surface area contributed by atoms with Crippen LogP contribution in [-0.2, 0) is 6.42 Å². The van der Waals surface area contributed by atoms with Crippen molar-refractivity contribution in [1.82, 2.24) is 20.5 Å². The van der Waals surface area contributed by atoms with Crippen molar-refractivity contribution in [1.29, 1.82) is 0 Å². The number of nitrogens with zero attached hydrogens (tertiary/aromatic N) is 2. The van der Waals surface area contributed by atoms with Gasteiger partial charge < -0.3 is 20.6 Å². The number of aromatic nitrogens is 1. The number of thiazole rings is 1. The molecule has 1 atom stereocenters. The Morgan fingerprint density at radius 2 is 2.18 bits per heavy atom. The molecule has 0 bridgehead atoms. The van der Waals surface area contributed by atoms with Crippen molar-refractivity contribution < 1.29 is 9.90 Å². The Labute approximate surface area is 135 Å². The molecule has 1 fully saturated rings. The fraction of sp³-hybridized carbons (Fsp3) is 0.733. The maximum absolute atomic E-state index is 11.7. The number of carbonyl (C=O) groups excluding carboxylic acids is 1. The number of hydrogen-bond acceptors (Lipinski definition) is 5. The van der Waals surface area contributed by atoms with Gasteiger partial charge in [-0.05, 0) is 32.9 Å². The first-order valence-corrected chi connectivity index (χ1v) is 8.84. The third-order valence-corrected chi connectivity index (χ3v) is 4.57. The lowest BCUT2D eigenvalue weighted by Crippen LogP contribution is -2.45. The van der Waals surface area contributed by atoms with Gasteiger partial charge in [0.15, 0.2) is 0 Å². The fourth-order valence-electron chi connectivity index (χ4n) is 2.60. The van der Waals surface area contributed by atoms with Gasteiger partial charge in [-0.25, -0.2) is 9.78 Å². The van der Waals surface area contributed by atoms with Crippen LogP contribution >= 0.6 is 11.3 Å². The van der Waals surface area contributed by atoms with Crippen molar-refractivity contribution in [3.05, 3.63) is 16.1 Å². The van der Waals surface area contributed by atoms with Gasteiger partial charge >= 0.3 is 6.03 Å². The second-order valence-electron chi connectivity index (χ2n) is 5.76. The topological polar surface area (TPSA) is 77.5 Å². The predicted molar refractivity (Wildman–Crippen MR) is 88.3 cm³/mol. The van der Waals surface area contributed by atoms with Gasteiger partial charge in [0.25, 0.3) is 0 Å². The Balaban J connectivity index is 1.54. The Bertz CT molecular complexity index is 460. The summed E-state index contributed by atoms with van der Waals surface area (Å²) in [5, 5.41) is 18.5. The minimum atomic E-state index is -0.509. The van der Waals surface area contributed by atoms with E-state index >= 15 is 0 Å². The molecule has 7 heteroatoms. The molecule has 1 aromatic heterocycles. The number of rotatable bonds is 7. The molecule has 0 radical (unpaired) electrons. The zero-order valence-electron chi connectivity index (χ0n) is 13.2. The zero-order valence-corrected chi connectivity index (χ0v) is 14.0. The zero-order chi connectivity index (χ0) is 15.8. The van der Waals surface area contributed by atoms with Crippen molar-refractivity contribution in [3.8, 4) is 0 Å². The monoisotopic (exact) mass is 326 g/mol. The van der Waals surface area contributed by atoms with Crippen LogP contribution in [-0.4, -0.2) is 59.8 Å². The molecule has 124 valence electrons. The van der Waals surface area contributed by atoms with Crippen molar-refractivity contribution in [2.45, 2.75) is 38.7 Å². The van der Waals surface area contributed by atoms with Gasteiger partial charge in [-0.3, -0.25) is 0 Å². The van der Waals surface area contributed by atoms with Gasteiger partial charge in [0, 0.05) is 31.4 Å². The number of piperidine rings is 1. The number of β-amino-alcohol motifs (C(OH)–C–C–N with tert-alkyl or cyclic N) is 1. The molecule has 1 aromatic rings. The molecular weight excluding hydrogens is 300 g/mol. The number of carbonyl (C=O) groups is 1. The molecule has 1 aliphatic heterocycles. The number of aliphatic hydroxyl groups is 1. The average molecular weight is 326 g/mol. The standard InChI is InChI=1S/C15H26N4O2S/c1-12-18-13(11-22-12)5-6-16-15(21)17-9-14(20)10-19-7-3-2-4-8-19/h11,14,20H,2-10H2,1H3,(H2,16,17,21)/t14-/m0/s1. The van der Waals surface area contributed by atoms with Crippen molar-refractivity contribution in [2.75, 3.05) is 32.7 Å². The number of hydrogen-bond donors (Lipinski definition) is 3. The van der Waals surface area contributed by atoms with Gasteiger partial charge in [0.1, 0.15) is 0 Å². The third-order valence-electron chi connectivity index (χ3n) is 3.75. The Kier molecular flexibility index (Phi) is 7.08. The van der Waals surface area contributed by atoms with E-state index in [1.807, 2.05) is 12.3 Å². The lowest BCUT2D eigenvalue weighted by atomic mass is 10.1. The molecule has 0 saturated carbocycles. The second kappa shape index (κ2) is 9.07. The van der Waals surface area contributed by atoms with E-state index in [1.54, 1.807) is 11.3 Å². The highest BCUT2D eigenvalue weighted by molar-refractivity contribution is 7.09. The number of urea groups is 1. The van der Waals surface area contributed by atoms with Crippen LogP contribution in [0.4, 0.5) is 4.79 Å². The molecule has 2 amide bonds. The lowest BCUT2D eigenvalue weighted by Gasteiger charge is -2.28. The molecule has 1 saturated heterocycles. The third kappa shape index (κ3) is 6.29. The van der Waals surface area contributed by atoms with Gasteiger partial charge in [0.2, 0.25) is 0 Å². The smallest absolute Gasteiger partial charge is 0.314 e. The highest BCUT2D eigenvalue weighted by atomic mass is 32.1. The summed E-state index contributed by atoms with van der Waals surface area (Å²) in [5.41, 5.74) is 1.01. The quantitative estimate of drug-likeness (QED) is 0.702. The molecule has 3 N–H and O–H groups in total. The van der Waals surface area contributed by atoms with E-state index in [2.05, 4.69) is 20.5 Å². The number of aliphatic hydroxyl groups excluding tert-OH is 1. The first-order chi connectivity index (χ1) is 10.6. The summed E-state index contributed by atoms with van der Waals surface area (Å²) < 4.78 is 0. The summed E-state index contributed by atoms with van der Waals surface area (Å²) in [6.45, 7) is 5.55. The first kappa shape index (κ1) is 17.2. The minimum absolute atomic E-state index is 0.232. The van der Waals surface area contributed by atoms with Gasteiger partial charge in [-0.15, -0.1) is 11.3 Å². The van der Waals surface area contributed by atoms with Gasteiger partial charge in [-0.2, -0.15) is 0 Å². The predicted octanol–water partition coefficient (Wildman–Crippen LogP) is 1.14. The van der Waals surface area contributed by atoms with Crippen molar-refractivity contribution >= 4 is 17.4 Å². The Morgan fingerprint density at radius 1 is 1.41 bits per heavy atom. The van der Waals surface area contributed by atoms with E-state index in [4.69, 9.17) is 0 Å². The van der Waals surface area contributed by atoms with E-state index in [1.165, 1.54) is 19.3 Å². The summed E-state index contributed by atoms with van der Waals surface area (Å²) in [4.78, 5) is 18.3. The van der Waals surface area contributed by atoms with E-state index in [0.29, 0.717) is 13.1 Å². The van der Waals surface area contributed by atoms with Gasteiger partial charge in [-0.1, -0.05) is 6.42 Å². The molecule has 6 nitrogen and oxygen atoms in total. The van der Waals surface area contributed by atoms with Crippen LogP contribution in [0.25, 0.3) is 0 Å². The van der Waals surface area contributed by atoms with Crippen molar-refractivity contribution in [3.63, 3.8) is 0 Å². The highest BCUT2D eigenvalue weighted by Gasteiger charge is 2.15. The number of likely N-dealkylation sites (tertiary alicyclic amines) is 1. The van der Waals surface area contributed by atoms with E-state index < -0.39 is 6.10 Å². The van der Waals surface area contributed by atoms with Crippen LogP contribution < -0.4 is 10.6 Å². The Hall–Kier alpha value is -1.18. The molecule has 1 aliphatic rings. The highest BCUT2D eigenvalue weighted by Crippen LogP contribution is 2.09. The molecule has 2 rings (SSSR count). The largest absolute Gasteiger partial charge is 0.390 e. The van der Waals surface area contributed by atoms with Crippen LogP contribution in [0.5, 0.6) is 0 Å². The number of aryl methyl sites for hydroxylation is 1. The molecule has 0 aromatic carbocycles. The number of nitrogens with one attached hydrogen (secondary N) is 2. The molecule has 22 heavy (non-hydrogen) atoms. The summed E-state index contributed by atoms with van der Waals surface area (Å²) in [6.07, 6.45) is 3.91. The minimum Gasteiger partial charge on any atom is -0.390 e. The van der Waals surface area contributed by atoms with E-state index in [-0.39, 0.29) is 12.6 Å². The van der Waals surface area contributed by atoms with Crippen LogP contribution in [0.2, 0.25) is 0 Å². The normalized spacial score (nSPS) is 17.2. The van der Waals surface area contributed by atoms with E-state index in [9.17, 15) is 9.90 Å². The van der Waals surface area contributed by atoms with Crippen molar-refractivity contribution in [2.24, 2.45) is 0 Å². The summed E-state index contributed by atoms with van der Waals surface area (Å²) in [6, 6.07) is -0.232. The summed E-state index contributed by atoms with van der Waals surface area (Å²) in [5.74, 6) is 0. The lowest BCUT2D eigenvalue weighted by molar-refractivity contribution is 0.101.